The second-order valence-electron chi connectivity index (χ2n) is 5.83. The summed E-state index contributed by atoms with van der Waals surface area (Å²) in [5.41, 5.74) is 3.06. The lowest BCUT2D eigenvalue weighted by molar-refractivity contribution is -0.146. The van der Waals surface area contributed by atoms with Crippen molar-refractivity contribution in [3.8, 4) is 5.69 Å². The lowest BCUT2D eigenvalue weighted by atomic mass is 10.1. The van der Waals surface area contributed by atoms with E-state index in [1.54, 1.807) is 13.8 Å². The molecule has 8 nitrogen and oxygen atoms in total. The van der Waals surface area contributed by atoms with E-state index < -0.39 is 17.6 Å². The summed E-state index contributed by atoms with van der Waals surface area (Å²) >= 11 is 0. The molecule has 0 spiro atoms. The Morgan fingerprint density at radius 1 is 1.28 bits per heavy atom. The summed E-state index contributed by atoms with van der Waals surface area (Å²) in [7, 11) is 0. The van der Waals surface area contributed by atoms with Gasteiger partial charge in [-0.3, -0.25) is 9.36 Å². The maximum absolute atomic E-state index is 12.6. The van der Waals surface area contributed by atoms with Crippen LogP contribution in [0.15, 0.2) is 29.3 Å². The Kier molecular flexibility index (Phi) is 4.35. The second kappa shape index (κ2) is 6.46. The molecule has 25 heavy (non-hydrogen) atoms. The van der Waals surface area contributed by atoms with Gasteiger partial charge in [0.25, 0.3) is 5.56 Å². The Hall–Kier alpha value is -3.03. The van der Waals surface area contributed by atoms with Crippen LogP contribution < -0.4 is 5.56 Å². The number of carbonyl (C=O) groups is 1. The number of benzene rings is 1. The zero-order chi connectivity index (χ0) is 18.1. The van der Waals surface area contributed by atoms with Gasteiger partial charge in [0.2, 0.25) is 0 Å². The molecule has 0 saturated heterocycles. The molecule has 3 rings (SSSR count). The van der Waals surface area contributed by atoms with Crippen LogP contribution in [0.2, 0.25) is 0 Å². The van der Waals surface area contributed by atoms with Gasteiger partial charge in [0, 0.05) is 0 Å². The van der Waals surface area contributed by atoms with Crippen LogP contribution in [0.5, 0.6) is 0 Å². The monoisotopic (exact) mass is 341 g/mol. The second-order valence-corrected chi connectivity index (χ2v) is 5.83. The zero-order valence-corrected chi connectivity index (χ0v) is 14.6. The number of aromatic nitrogens is 5. The van der Waals surface area contributed by atoms with E-state index in [4.69, 9.17) is 4.74 Å². The van der Waals surface area contributed by atoms with Crippen molar-refractivity contribution in [2.75, 3.05) is 6.61 Å². The van der Waals surface area contributed by atoms with Crippen molar-refractivity contribution in [1.29, 1.82) is 0 Å². The predicted molar refractivity (Wildman–Crippen MR) is 91.7 cm³/mol. The van der Waals surface area contributed by atoms with Crippen LogP contribution in [-0.2, 0) is 9.53 Å². The summed E-state index contributed by atoms with van der Waals surface area (Å²) < 4.78 is 7.68. The molecule has 0 saturated carbocycles. The molecular formula is C17H19N5O3. The SMILES string of the molecule is CCOC(=O)[C@@H](C)n1cnc2c(nnn2-c2ccc(C)c(C)c2)c1=O. The number of hydrogen-bond donors (Lipinski definition) is 0. The average molecular weight is 341 g/mol. The molecule has 0 aliphatic carbocycles. The number of nitrogens with zero attached hydrogens (tertiary/aromatic N) is 5. The van der Waals surface area contributed by atoms with Crippen LogP contribution >= 0.6 is 0 Å². The molecule has 3 aromatic rings. The number of esters is 1. The normalized spacial score (nSPS) is 12.3. The maximum Gasteiger partial charge on any atom is 0.328 e. The standard InChI is InChI=1S/C17H19N5O3/c1-5-25-17(24)12(4)21-9-18-15-14(16(21)23)19-20-22(15)13-7-6-10(2)11(3)8-13/h6-9,12H,5H2,1-4H3/t12-/m1/s1. The lowest BCUT2D eigenvalue weighted by Crippen LogP contribution is -2.29. The summed E-state index contributed by atoms with van der Waals surface area (Å²) in [6, 6.07) is 5.04. The third-order valence-corrected chi connectivity index (χ3v) is 4.17. The number of ether oxygens (including phenoxy) is 1. The quantitative estimate of drug-likeness (QED) is 0.671. The van der Waals surface area contributed by atoms with Crippen LogP contribution in [0.1, 0.15) is 31.0 Å². The van der Waals surface area contributed by atoms with E-state index in [1.165, 1.54) is 15.6 Å². The zero-order valence-electron chi connectivity index (χ0n) is 14.6. The van der Waals surface area contributed by atoms with Gasteiger partial charge in [0.05, 0.1) is 12.3 Å². The van der Waals surface area contributed by atoms with Crippen LogP contribution in [0.3, 0.4) is 0 Å². The molecule has 0 radical (unpaired) electrons. The van der Waals surface area contributed by atoms with Crippen molar-refractivity contribution in [1.82, 2.24) is 24.5 Å². The van der Waals surface area contributed by atoms with Gasteiger partial charge in [-0.1, -0.05) is 11.3 Å². The summed E-state index contributed by atoms with van der Waals surface area (Å²) in [6.07, 6.45) is 1.33. The van der Waals surface area contributed by atoms with Crippen molar-refractivity contribution >= 4 is 17.1 Å². The molecule has 0 aliphatic rings. The fourth-order valence-electron chi connectivity index (χ4n) is 2.51. The number of carbonyl (C=O) groups excluding carboxylic acids is 1. The minimum absolute atomic E-state index is 0.108. The Morgan fingerprint density at radius 2 is 2.04 bits per heavy atom. The van der Waals surface area contributed by atoms with Crippen LogP contribution in [0.4, 0.5) is 0 Å². The first kappa shape index (κ1) is 16.8. The molecule has 0 N–H and O–H groups in total. The van der Waals surface area contributed by atoms with Gasteiger partial charge in [-0.05, 0) is 51.0 Å². The van der Waals surface area contributed by atoms with E-state index in [0.29, 0.717) is 5.65 Å². The van der Waals surface area contributed by atoms with E-state index >= 15 is 0 Å². The van der Waals surface area contributed by atoms with Gasteiger partial charge in [0.1, 0.15) is 12.4 Å². The highest BCUT2D eigenvalue weighted by atomic mass is 16.5. The average Bonchev–Trinajstić information content (AvgIpc) is 3.02. The van der Waals surface area contributed by atoms with Crippen molar-refractivity contribution in [3.05, 3.63) is 46.0 Å². The van der Waals surface area contributed by atoms with Gasteiger partial charge >= 0.3 is 5.97 Å². The Morgan fingerprint density at radius 3 is 2.72 bits per heavy atom. The molecule has 8 heteroatoms. The van der Waals surface area contributed by atoms with E-state index in [2.05, 4.69) is 15.3 Å². The van der Waals surface area contributed by atoms with Crippen LogP contribution in [0, 0.1) is 13.8 Å². The highest BCUT2D eigenvalue weighted by Gasteiger charge is 2.21. The number of aryl methyl sites for hydroxylation is 2. The molecule has 130 valence electrons. The summed E-state index contributed by atoms with van der Waals surface area (Å²) in [5.74, 6) is -0.493. The Bertz CT molecular complexity index is 1010. The number of fused-ring (bicyclic) bond motifs is 1. The van der Waals surface area contributed by atoms with Gasteiger partial charge in [-0.2, -0.15) is 4.68 Å². The first-order valence-electron chi connectivity index (χ1n) is 8.00. The van der Waals surface area contributed by atoms with E-state index in [-0.39, 0.29) is 12.1 Å². The molecule has 0 unspecified atom stereocenters. The number of hydrogen-bond acceptors (Lipinski definition) is 6. The van der Waals surface area contributed by atoms with Gasteiger partial charge in [-0.25, -0.2) is 9.78 Å². The molecule has 2 heterocycles. The van der Waals surface area contributed by atoms with Crippen molar-refractivity contribution in [3.63, 3.8) is 0 Å². The largest absolute Gasteiger partial charge is 0.464 e. The van der Waals surface area contributed by atoms with Gasteiger partial charge in [0.15, 0.2) is 11.2 Å². The molecule has 1 aromatic carbocycles. The van der Waals surface area contributed by atoms with E-state index in [9.17, 15) is 9.59 Å². The van der Waals surface area contributed by atoms with Crippen LogP contribution in [0.25, 0.3) is 16.9 Å². The molecule has 0 aliphatic heterocycles. The van der Waals surface area contributed by atoms with E-state index in [1.807, 2.05) is 32.0 Å². The fourth-order valence-corrected chi connectivity index (χ4v) is 2.51. The molecule has 0 fully saturated rings. The number of rotatable bonds is 4. The third kappa shape index (κ3) is 2.90. The molecule has 2 aromatic heterocycles. The predicted octanol–water partition coefficient (Wildman–Crippen LogP) is 1.72. The topological polar surface area (TPSA) is 91.9 Å². The smallest absolute Gasteiger partial charge is 0.328 e. The van der Waals surface area contributed by atoms with Crippen molar-refractivity contribution in [2.24, 2.45) is 0 Å². The van der Waals surface area contributed by atoms with Gasteiger partial charge in [-0.15, -0.1) is 5.10 Å². The van der Waals surface area contributed by atoms with Crippen molar-refractivity contribution in [2.45, 2.75) is 33.7 Å². The highest BCUT2D eigenvalue weighted by Crippen LogP contribution is 2.16. The maximum atomic E-state index is 12.6. The summed E-state index contributed by atoms with van der Waals surface area (Å²) in [5, 5.41) is 8.01. The molecular weight excluding hydrogens is 322 g/mol. The first-order valence-corrected chi connectivity index (χ1v) is 8.00. The van der Waals surface area contributed by atoms with E-state index in [0.717, 1.165) is 16.8 Å². The fraction of sp³-hybridized carbons (Fsp3) is 0.353. The molecule has 1 atom stereocenters. The highest BCUT2D eigenvalue weighted by molar-refractivity contribution is 5.75. The summed E-state index contributed by atoms with van der Waals surface area (Å²) in [4.78, 5) is 28.8. The molecule has 0 bridgehead atoms. The first-order chi connectivity index (χ1) is 11.9. The van der Waals surface area contributed by atoms with Crippen LogP contribution in [-0.4, -0.2) is 37.1 Å². The minimum Gasteiger partial charge on any atom is -0.464 e. The molecule has 0 amide bonds. The van der Waals surface area contributed by atoms with Crippen molar-refractivity contribution < 1.29 is 9.53 Å². The summed E-state index contributed by atoms with van der Waals surface area (Å²) in [6.45, 7) is 7.56. The van der Waals surface area contributed by atoms with Gasteiger partial charge < -0.3 is 4.74 Å². The lowest BCUT2D eigenvalue weighted by Gasteiger charge is -2.12. The minimum atomic E-state index is -0.781. The Labute approximate surface area is 144 Å². The third-order valence-electron chi connectivity index (χ3n) is 4.17. The Balaban J connectivity index is 2.09.